The number of para-hydroxylation sites is 1. The highest BCUT2D eigenvalue weighted by Gasteiger charge is 2.16. The molecule has 0 atom stereocenters. The standard InChI is InChI=1S/C14H19N5/c1-4-19(11-8-6-5-7-9-11)14-12(15)13(18(2)3)16-10-17-14/h5-10H,4,15H2,1-3H3. The van der Waals surface area contributed by atoms with E-state index in [2.05, 4.69) is 21.8 Å². The molecule has 0 spiro atoms. The van der Waals surface area contributed by atoms with Gasteiger partial charge in [0.15, 0.2) is 11.6 Å². The van der Waals surface area contributed by atoms with E-state index in [9.17, 15) is 0 Å². The number of hydrogen-bond donors (Lipinski definition) is 1. The van der Waals surface area contributed by atoms with Gasteiger partial charge >= 0.3 is 0 Å². The Balaban J connectivity index is 2.48. The van der Waals surface area contributed by atoms with Gasteiger partial charge in [0.25, 0.3) is 0 Å². The number of anilines is 4. The molecule has 0 aliphatic rings. The van der Waals surface area contributed by atoms with Crippen LogP contribution in [0.3, 0.4) is 0 Å². The van der Waals surface area contributed by atoms with Crippen molar-refractivity contribution in [3.63, 3.8) is 0 Å². The maximum Gasteiger partial charge on any atom is 0.161 e. The average molecular weight is 257 g/mol. The summed E-state index contributed by atoms with van der Waals surface area (Å²) in [7, 11) is 3.84. The van der Waals surface area contributed by atoms with Crippen LogP contribution in [0.5, 0.6) is 0 Å². The van der Waals surface area contributed by atoms with E-state index in [0.29, 0.717) is 5.69 Å². The van der Waals surface area contributed by atoms with Gasteiger partial charge in [-0.25, -0.2) is 9.97 Å². The summed E-state index contributed by atoms with van der Waals surface area (Å²) in [6, 6.07) is 10.1. The summed E-state index contributed by atoms with van der Waals surface area (Å²) in [6.07, 6.45) is 1.55. The van der Waals surface area contributed by atoms with Crippen molar-refractivity contribution in [3.05, 3.63) is 36.7 Å². The second-order valence-electron chi connectivity index (χ2n) is 4.41. The van der Waals surface area contributed by atoms with Gasteiger partial charge in [0.1, 0.15) is 12.0 Å². The first-order chi connectivity index (χ1) is 9.15. The second kappa shape index (κ2) is 5.56. The predicted octanol–water partition coefficient (Wildman–Crippen LogP) is 2.28. The fourth-order valence-electron chi connectivity index (χ4n) is 2.01. The highest BCUT2D eigenvalue weighted by molar-refractivity contribution is 5.79. The lowest BCUT2D eigenvalue weighted by Gasteiger charge is -2.25. The first kappa shape index (κ1) is 13.1. The van der Waals surface area contributed by atoms with Crippen molar-refractivity contribution < 1.29 is 0 Å². The van der Waals surface area contributed by atoms with Gasteiger partial charge in [-0.15, -0.1) is 0 Å². The third kappa shape index (κ3) is 2.59. The van der Waals surface area contributed by atoms with Crippen LogP contribution >= 0.6 is 0 Å². The van der Waals surface area contributed by atoms with E-state index in [4.69, 9.17) is 5.73 Å². The zero-order valence-electron chi connectivity index (χ0n) is 11.5. The molecule has 0 fully saturated rings. The van der Waals surface area contributed by atoms with E-state index < -0.39 is 0 Å². The SMILES string of the molecule is CCN(c1ccccc1)c1ncnc(N(C)C)c1N. The zero-order chi connectivity index (χ0) is 13.8. The van der Waals surface area contributed by atoms with Gasteiger partial charge < -0.3 is 15.5 Å². The zero-order valence-corrected chi connectivity index (χ0v) is 11.5. The van der Waals surface area contributed by atoms with Gasteiger partial charge in [-0.2, -0.15) is 0 Å². The molecule has 1 aromatic heterocycles. The van der Waals surface area contributed by atoms with Gasteiger partial charge in [-0.05, 0) is 19.1 Å². The Morgan fingerprint density at radius 2 is 1.68 bits per heavy atom. The normalized spacial score (nSPS) is 10.3. The highest BCUT2D eigenvalue weighted by atomic mass is 15.2. The largest absolute Gasteiger partial charge is 0.393 e. The van der Waals surface area contributed by atoms with E-state index in [1.165, 1.54) is 0 Å². The summed E-state index contributed by atoms with van der Waals surface area (Å²) < 4.78 is 0. The molecule has 1 heterocycles. The Bertz CT molecular complexity index is 539. The molecular formula is C14H19N5. The Hall–Kier alpha value is -2.30. The van der Waals surface area contributed by atoms with Gasteiger partial charge in [0, 0.05) is 26.3 Å². The smallest absolute Gasteiger partial charge is 0.161 e. The molecule has 0 aliphatic carbocycles. The van der Waals surface area contributed by atoms with Gasteiger partial charge in [-0.1, -0.05) is 18.2 Å². The van der Waals surface area contributed by atoms with Crippen LogP contribution in [0.4, 0.5) is 23.0 Å². The fourth-order valence-corrected chi connectivity index (χ4v) is 2.01. The van der Waals surface area contributed by atoms with Crippen LogP contribution in [0.25, 0.3) is 0 Å². The Morgan fingerprint density at radius 3 is 2.26 bits per heavy atom. The van der Waals surface area contributed by atoms with Crippen LogP contribution < -0.4 is 15.5 Å². The first-order valence-corrected chi connectivity index (χ1v) is 6.25. The lowest BCUT2D eigenvalue weighted by atomic mass is 10.2. The van der Waals surface area contributed by atoms with E-state index in [1.807, 2.05) is 49.3 Å². The van der Waals surface area contributed by atoms with Crippen LogP contribution in [0.1, 0.15) is 6.92 Å². The Morgan fingerprint density at radius 1 is 1.05 bits per heavy atom. The molecule has 5 nitrogen and oxygen atoms in total. The Kier molecular flexibility index (Phi) is 3.85. The molecule has 19 heavy (non-hydrogen) atoms. The summed E-state index contributed by atoms with van der Waals surface area (Å²) in [5, 5.41) is 0. The molecule has 0 aliphatic heterocycles. The summed E-state index contributed by atoms with van der Waals surface area (Å²) in [5.41, 5.74) is 7.85. The van der Waals surface area contributed by atoms with Crippen LogP contribution in [-0.2, 0) is 0 Å². The minimum Gasteiger partial charge on any atom is -0.393 e. The number of rotatable bonds is 4. The van der Waals surface area contributed by atoms with E-state index >= 15 is 0 Å². The number of benzene rings is 1. The topological polar surface area (TPSA) is 58.3 Å². The van der Waals surface area contributed by atoms with Gasteiger partial charge in [-0.3, -0.25) is 0 Å². The first-order valence-electron chi connectivity index (χ1n) is 6.25. The summed E-state index contributed by atoms with van der Waals surface area (Å²) in [4.78, 5) is 12.5. The molecule has 2 rings (SSSR count). The highest BCUT2D eigenvalue weighted by Crippen LogP contribution is 2.32. The van der Waals surface area contributed by atoms with E-state index in [1.54, 1.807) is 6.33 Å². The minimum absolute atomic E-state index is 0.596. The fraction of sp³-hybridized carbons (Fsp3) is 0.286. The number of nitrogens with two attached hydrogens (primary N) is 1. The number of nitrogens with zero attached hydrogens (tertiary/aromatic N) is 4. The van der Waals surface area contributed by atoms with Crippen LogP contribution in [0, 0.1) is 0 Å². The number of nitrogen functional groups attached to an aromatic ring is 1. The monoisotopic (exact) mass is 257 g/mol. The quantitative estimate of drug-likeness (QED) is 0.910. The van der Waals surface area contributed by atoms with Gasteiger partial charge in [0.2, 0.25) is 0 Å². The number of hydrogen-bond acceptors (Lipinski definition) is 5. The Labute approximate surface area is 113 Å². The van der Waals surface area contributed by atoms with Crippen molar-refractivity contribution in [2.45, 2.75) is 6.92 Å². The van der Waals surface area contributed by atoms with Crippen molar-refractivity contribution in [1.82, 2.24) is 9.97 Å². The minimum atomic E-state index is 0.596. The summed E-state index contributed by atoms with van der Waals surface area (Å²) >= 11 is 0. The van der Waals surface area contributed by atoms with Crippen LogP contribution in [-0.4, -0.2) is 30.6 Å². The number of aromatic nitrogens is 2. The van der Waals surface area contributed by atoms with Crippen LogP contribution in [0.2, 0.25) is 0 Å². The van der Waals surface area contributed by atoms with E-state index in [0.717, 1.165) is 23.9 Å². The lowest BCUT2D eigenvalue weighted by molar-refractivity contribution is 0.965. The molecule has 1 aromatic carbocycles. The lowest BCUT2D eigenvalue weighted by Crippen LogP contribution is -2.21. The predicted molar refractivity (Wildman–Crippen MR) is 79.9 cm³/mol. The average Bonchev–Trinajstić information content (AvgIpc) is 2.42. The van der Waals surface area contributed by atoms with Crippen molar-refractivity contribution in [3.8, 4) is 0 Å². The van der Waals surface area contributed by atoms with E-state index in [-0.39, 0.29) is 0 Å². The molecule has 2 aromatic rings. The summed E-state index contributed by atoms with van der Waals surface area (Å²) in [5.74, 6) is 1.48. The van der Waals surface area contributed by atoms with Crippen molar-refractivity contribution in [2.24, 2.45) is 0 Å². The maximum absolute atomic E-state index is 6.19. The third-order valence-electron chi connectivity index (χ3n) is 2.91. The molecule has 0 amide bonds. The van der Waals surface area contributed by atoms with Crippen molar-refractivity contribution in [1.29, 1.82) is 0 Å². The molecule has 2 N–H and O–H groups in total. The maximum atomic E-state index is 6.19. The second-order valence-corrected chi connectivity index (χ2v) is 4.41. The summed E-state index contributed by atoms with van der Waals surface area (Å²) in [6.45, 7) is 2.86. The molecule has 0 bridgehead atoms. The van der Waals surface area contributed by atoms with Crippen molar-refractivity contribution in [2.75, 3.05) is 36.2 Å². The molecular weight excluding hydrogens is 238 g/mol. The molecule has 0 unspecified atom stereocenters. The van der Waals surface area contributed by atoms with Gasteiger partial charge in [0.05, 0.1) is 0 Å². The molecule has 100 valence electrons. The molecule has 5 heteroatoms. The van der Waals surface area contributed by atoms with Crippen molar-refractivity contribution >= 4 is 23.0 Å². The molecule has 0 radical (unpaired) electrons. The molecule has 0 saturated heterocycles. The van der Waals surface area contributed by atoms with Crippen LogP contribution in [0.15, 0.2) is 36.7 Å². The third-order valence-corrected chi connectivity index (χ3v) is 2.91. The molecule has 0 saturated carbocycles.